The molecule has 0 bridgehead atoms. The van der Waals surface area contributed by atoms with Crippen LogP contribution in [-0.4, -0.2) is 56.0 Å². The summed E-state index contributed by atoms with van der Waals surface area (Å²) in [6.45, 7) is 8.80. The van der Waals surface area contributed by atoms with Crippen molar-refractivity contribution in [3.63, 3.8) is 0 Å². The minimum Gasteiger partial charge on any atom is -0.493 e. The number of rotatable bonds is 10. The van der Waals surface area contributed by atoms with Gasteiger partial charge in [-0.15, -0.1) is 0 Å². The number of aliphatic hydroxyl groups is 1. The van der Waals surface area contributed by atoms with Gasteiger partial charge in [0.15, 0.2) is 11.5 Å². The molecule has 0 spiro atoms. The van der Waals surface area contributed by atoms with Gasteiger partial charge in [-0.2, -0.15) is 0 Å². The molecule has 0 aliphatic rings. The monoisotopic (exact) mass is 310 g/mol. The molecule has 0 aliphatic carbocycles. The van der Waals surface area contributed by atoms with Gasteiger partial charge in [0.05, 0.1) is 7.11 Å². The van der Waals surface area contributed by atoms with Crippen LogP contribution in [0.25, 0.3) is 0 Å². The maximum absolute atomic E-state index is 10.1. The van der Waals surface area contributed by atoms with Crippen molar-refractivity contribution in [2.75, 3.05) is 33.9 Å². The molecule has 0 heterocycles. The number of hydrogen-bond donors (Lipinski definition) is 2. The van der Waals surface area contributed by atoms with E-state index in [4.69, 9.17) is 9.47 Å². The number of nitrogens with zero attached hydrogens (tertiary/aromatic N) is 1. The van der Waals surface area contributed by atoms with E-state index in [9.17, 15) is 5.11 Å². The van der Waals surface area contributed by atoms with Gasteiger partial charge in [0, 0.05) is 19.1 Å². The fraction of sp³-hybridized carbons (Fsp3) is 0.647. The molecule has 126 valence electrons. The smallest absolute Gasteiger partial charge is 0.161 e. The highest BCUT2D eigenvalue weighted by Gasteiger charge is 2.13. The lowest BCUT2D eigenvalue weighted by Crippen LogP contribution is -2.37. The lowest BCUT2D eigenvalue weighted by Gasteiger charge is -2.24. The number of ether oxygens (including phenoxy) is 2. The van der Waals surface area contributed by atoms with Crippen LogP contribution < -0.4 is 14.8 Å². The second kappa shape index (κ2) is 9.66. The molecule has 0 radical (unpaired) electrons. The number of aliphatic hydroxyl groups excluding tert-OH is 1. The van der Waals surface area contributed by atoms with Gasteiger partial charge in [-0.25, -0.2) is 0 Å². The van der Waals surface area contributed by atoms with Gasteiger partial charge in [0.25, 0.3) is 0 Å². The molecule has 22 heavy (non-hydrogen) atoms. The summed E-state index contributed by atoms with van der Waals surface area (Å²) in [5, 5.41) is 13.4. The summed E-state index contributed by atoms with van der Waals surface area (Å²) in [4.78, 5) is 2.09. The molecular weight excluding hydrogens is 280 g/mol. The first kappa shape index (κ1) is 18.7. The zero-order chi connectivity index (χ0) is 16.5. The molecule has 0 aliphatic heterocycles. The SMILES string of the molecule is CCNCc1ccc(OC)c(OC[C@H](O)CN(C)C(C)C)c1. The maximum atomic E-state index is 10.1. The second-order valence-electron chi connectivity index (χ2n) is 5.76. The van der Waals surface area contributed by atoms with E-state index in [2.05, 4.69) is 31.0 Å². The second-order valence-corrected chi connectivity index (χ2v) is 5.76. The van der Waals surface area contributed by atoms with Crippen molar-refractivity contribution in [1.29, 1.82) is 0 Å². The Kier molecular flexibility index (Phi) is 8.24. The Labute approximate surface area is 134 Å². The lowest BCUT2D eigenvalue weighted by atomic mass is 10.2. The topological polar surface area (TPSA) is 54.0 Å². The number of methoxy groups -OCH3 is 1. The predicted octanol–water partition coefficient (Wildman–Crippen LogP) is 1.88. The van der Waals surface area contributed by atoms with Crippen molar-refractivity contribution >= 4 is 0 Å². The molecule has 0 amide bonds. The molecule has 1 rings (SSSR count). The molecule has 1 atom stereocenters. The third-order valence-corrected chi connectivity index (χ3v) is 3.62. The fourth-order valence-electron chi connectivity index (χ4n) is 2.00. The van der Waals surface area contributed by atoms with Crippen LogP contribution in [0, 0.1) is 0 Å². The Morgan fingerprint density at radius 3 is 2.59 bits per heavy atom. The number of hydrogen-bond acceptors (Lipinski definition) is 5. The first-order chi connectivity index (χ1) is 10.5. The largest absolute Gasteiger partial charge is 0.493 e. The summed E-state index contributed by atoms with van der Waals surface area (Å²) >= 11 is 0. The first-order valence-electron chi connectivity index (χ1n) is 7.86. The fourth-order valence-corrected chi connectivity index (χ4v) is 2.00. The number of benzene rings is 1. The van der Waals surface area contributed by atoms with Crippen LogP contribution >= 0.6 is 0 Å². The first-order valence-corrected chi connectivity index (χ1v) is 7.86. The van der Waals surface area contributed by atoms with Gasteiger partial charge >= 0.3 is 0 Å². The summed E-state index contributed by atoms with van der Waals surface area (Å²) < 4.78 is 11.1. The van der Waals surface area contributed by atoms with Crippen LogP contribution in [0.15, 0.2) is 18.2 Å². The zero-order valence-corrected chi connectivity index (χ0v) is 14.4. The Balaban J connectivity index is 2.62. The van der Waals surface area contributed by atoms with Gasteiger partial charge in [-0.05, 0) is 45.1 Å². The molecule has 2 N–H and O–H groups in total. The minimum absolute atomic E-state index is 0.248. The standard InChI is InChI=1S/C17H30N2O3/c1-6-18-10-14-7-8-16(21-5)17(9-14)22-12-15(20)11-19(4)13(2)3/h7-9,13,15,18,20H,6,10-12H2,1-5H3/t15-/m1/s1. The van der Waals surface area contributed by atoms with E-state index in [1.54, 1.807) is 7.11 Å². The maximum Gasteiger partial charge on any atom is 0.161 e. The average Bonchev–Trinajstić information content (AvgIpc) is 2.50. The van der Waals surface area contributed by atoms with Crippen LogP contribution in [0.1, 0.15) is 26.3 Å². The minimum atomic E-state index is -0.533. The Morgan fingerprint density at radius 2 is 2.00 bits per heavy atom. The Bertz CT molecular complexity index is 438. The third kappa shape index (κ3) is 6.22. The van der Waals surface area contributed by atoms with Crippen LogP contribution in [0.4, 0.5) is 0 Å². The highest BCUT2D eigenvalue weighted by Crippen LogP contribution is 2.28. The summed E-state index contributed by atoms with van der Waals surface area (Å²) in [6, 6.07) is 6.26. The van der Waals surface area contributed by atoms with Crippen molar-refractivity contribution < 1.29 is 14.6 Å². The molecule has 1 aromatic rings. The molecule has 0 saturated heterocycles. The van der Waals surface area contributed by atoms with Gasteiger partial charge in [-0.1, -0.05) is 13.0 Å². The summed E-state index contributed by atoms with van der Waals surface area (Å²) in [7, 11) is 3.61. The van der Waals surface area contributed by atoms with E-state index in [0.29, 0.717) is 24.1 Å². The van der Waals surface area contributed by atoms with Crippen LogP contribution in [0.2, 0.25) is 0 Å². The molecule has 5 heteroatoms. The van der Waals surface area contributed by atoms with Crippen molar-refractivity contribution in [2.45, 2.75) is 39.5 Å². The van der Waals surface area contributed by atoms with E-state index in [1.165, 1.54) is 0 Å². The predicted molar refractivity (Wildman–Crippen MR) is 89.6 cm³/mol. The highest BCUT2D eigenvalue weighted by molar-refractivity contribution is 5.43. The van der Waals surface area contributed by atoms with E-state index in [1.807, 2.05) is 25.2 Å². The molecule has 0 aromatic heterocycles. The quantitative estimate of drug-likeness (QED) is 0.691. The van der Waals surface area contributed by atoms with Crippen LogP contribution in [0.5, 0.6) is 11.5 Å². The molecular formula is C17H30N2O3. The Hall–Kier alpha value is -1.30. The molecule has 1 aromatic carbocycles. The van der Waals surface area contributed by atoms with Gasteiger partial charge in [-0.3, -0.25) is 0 Å². The van der Waals surface area contributed by atoms with Crippen molar-refractivity contribution in [2.24, 2.45) is 0 Å². The van der Waals surface area contributed by atoms with Gasteiger partial charge in [0.1, 0.15) is 12.7 Å². The van der Waals surface area contributed by atoms with Crippen molar-refractivity contribution in [3.8, 4) is 11.5 Å². The van der Waals surface area contributed by atoms with E-state index < -0.39 is 6.10 Å². The van der Waals surface area contributed by atoms with Gasteiger partial charge < -0.3 is 24.8 Å². The normalized spacial score (nSPS) is 12.7. The van der Waals surface area contributed by atoms with Crippen LogP contribution in [-0.2, 0) is 6.54 Å². The molecule has 0 unspecified atom stereocenters. The van der Waals surface area contributed by atoms with E-state index in [-0.39, 0.29) is 6.61 Å². The Morgan fingerprint density at radius 1 is 1.27 bits per heavy atom. The summed E-state index contributed by atoms with van der Waals surface area (Å²) in [5.41, 5.74) is 1.13. The molecule has 0 saturated carbocycles. The zero-order valence-electron chi connectivity index (χ0n) is 14.4. The molecule has 0 fully saturated rings. The third-order valence-electron chi connectivity index (χ3n) is 3.62. The summed E-state index contributed by atoms with van der Waals surface area (Å²) in [6.07, 6.45) is -0.533. The van der Waals surface area contributed by atoms with Crippen molar-refractivity contribution in [3.05, 3.63) is 23.8 Å². The van der Waals surface area contributed by atoms with Crippen LogP contribution in [0.3, 0.4) is 0 Å². The lowest BCUT2D eigenvalue weighted by molar-refractivity contribution is 0.0668. The average molecular weight is 310 g/mol. The number of likely N-dealkylation sites (N-methyl/N-ethyl adjacent to an activating group) is 1. The summed E-state index contributed by atoms with van der Waals surface area (Å²) in [5.74, 6) is 1.36. The van der Waals surface area contributed by atoms with Gasteiger partial charge in [0.2, 0.25) is 0 Å². The van der Waals surface area contributed by atoms with E-state index >= 15 is 0 Å². The number of nitrogens with one attached hydrogen (secondary N) is 1. The highest BCUT2D eigenvalue weighted by atomic mass is 16.5. The molecule has 5 nitrogen and oxygen atoms in total. The van der Waals surface area contributed by atoms with Crippen molar-refractivity contribution in [1.82, 2.24) is 10.2 Å². The van der Waals surface area contributed by atoms with E-state index in [0.717, 1.165) is 18.7 Å².